The van der Waals surface area contributed by atoms with Crippen LogP contribution in [0.2, 0.25) is 0 Å². The number of anilines is 1. The van der Waals surface area contributed by atoms with Crippen LogP contribution in [0.3, 0.4) is 0 Å². The van der Waals surface area contributed by atoms with Gasteiger partial charge in [-0.05, 0) is 37.6 Å². The second-order valence-electron chi connectivity index (χ2n) is 4.21. The molecule has 7 heteroatoms. The van der Waals surface area contributed by atoms with Gasteiger partial charge in [0.1, 0.15) is 5.82 Å². The molecule has 5 nitrogen and oxygen atoms in total. The molecule has 106 valence electrons. The Morgan fingerprint density at radius 3 is 2.63 bits per heavy atom. The summed E-state index contributed by atoms with van der Waals surface area (Å²) in [6.45, 7) is 0.491. The molecule has 3 N–H and O–H groups in total. The van der Waals surface area contributed by atoms with Crippen molar-refractivity contribution in [2.75, 3.05) is 18.1 Å². The van der Waals surface area contributed by atoms with E-state index in [2.05, 4.69) is 5.32 Å². The number of unbranched alkanes of at least 4 members (excludes halogenated alkanes) is 1. The zero-order valence-electron chi connectivity index (χ0n) is 10.6. The lowest BCUT2D eigenvalue weighted by Gasteiger charge is -2.08. The maximum Gasteiger partial charge on any atom is 0.224 e. The standard InChI is InChI=1S/C12H17FN2O3S/c1-19(17,18)9-5-6-10(13)11(8-9)15-12(16)4-2-3-7-14/h5-6,8H,2-4,7,14H2,1H3,(H,15,16). The summed E-state index contributed by atoms with van der Waals surface area (Å²) in [6.07, 6.45) is 2.56. The average Bonchev–Trinajstić information content (AvgIpc) is 2.31. The van der Waals surface area contributed by atoms with Crippen LogP contribution in [0.15, 0.2) is 23.1 Å². The van der Waals surface area contributed by atoms with Crippen LogP contribution < -0.4 is 11.1 Å². The summed E-state index contributed by atoms with van der Waals surface area (Å²) >= 11 is 0. The highest BCUT2D eigenvalue weighted by Crippen LogP contribution is 2.19. The minimum atomic E-state index is -3.43. The number of benzene rings is 1. The van der Waals surface area contributed by atoms with E-state index < -0.39 is 15.7 Å². The third kappa shape index (κ3) is 4.96. The summed E-state index contributed by atoms with van der Waals surface area (Å²) in [5.41, 5.74) is 5.18. The Kier molecular flexibility index (Phi) is 5.44. The van der Waals surface area contributed by atoms with Crippen LogP contribution in [0.1, 0.15) is 19.3 Å². The van der Waals surface area contributed by atoms with Gasteiger partial charge in [-0.3, -0.25) is 4.79 Å². The number of nitrogens with one attached hydrogen (secondary N) is 1. The summed E-state index contributed by atoms with van der Waals surface area (Å²) in [6, 6.07) is 3.30. The number of carbonyl (C=O) groups excluding carboxylic acids is 1. The van der Waals surface area contributed by atoms with Crippen molar-refractivity contribution in [2.24, 2.45) is 5.73 Å². The molecule has 0 aliphatic heterocycles. The van der Waals surface area contributed by atoms with Gasteiger partial charge in [0.15, 0.2) is 9.84 Å². The molecule has 0 bridgehead atoms. The van der Waals surface area contributed by atoms with Gasteiger partial charge in [-0.2, -0.15) is 0 Å². The molecule has 0 spiro atoms. The molecule has 0 saturated heterocycles. The second kappa shape index (κ2) is 6.63. The van der Waals surface area contributed by atoms with Gasteiger partial charge >= 0.3 is 0 Å². The maximum absolute atomic E-state index is 13.5. The van der Waals surface area contributed by atoms with Crippen molar-refractivity contribution >= 4 is 21.4 Å². The largest absolute Gasteiger partial charge is 0.330 e. The number of halogens is 1. The molecule has 0 aliphatic rings. The predicted octanol–water partition coefficient (Wildman–Crippen LogP) is 1.30. The summed E-state index contributed by atoms with van der Waals surface area (Å²) < 4.78 is 36.2. The zero-order valence-corrected chi connectivity index (χ0v) is 11.5. The van der Waals surface area contributed by atoms with E-state index in [1.54, 1.807) is 0 Å². The van der Waals surface area contributed by atoms with Gasteiger partial charge in [-0.25, -0.2) is 12.8 Å². The highest BCUT2D eigenvalue weighted by atomic mass is 32.2. The zero-order chi connectivity index (χ0) is 14.5. The Bertz CT molecular complexity index is 558. The number of sulfone groups is 1. The Labute approximate surface area is 111 Å². The minimum absolute atomic E-state index is 0.0360. The molecule has 0 heterocycles. The van der Waals surface area contributed by atoms with Gasteiger partial charge in [0.25, 0.3) is 0 Å². The first-order valence-electron chi connectivity index (χ1n) is 5.84. The molecule has 0 aromatic heterocycles. The van der Waals surface area contributed by atoms with Crippen molar-refractivity contribution in [1.29, 1.82) is 0 Å². The van der Waals surface area contributed by atoms with E-state index in [0.717, 1.165) is 24.5 Å². The van der Waals surface area contributed by atoms with Gasteiger partial charge < -0.3 is 11.1 Å². The van der Waals surface area contributed by atoms with E-state index in [4.69, 9.17) is 5.73 Å². The van der Waals surface area contributed by atoms with E-state index in [0.29, 0.717) is 19.4 Å². The van der Waals surface area contributed by atoms with E-state index in [1.807, 2.05) is 0 Å². The van der Waals surface area contributed by atoms with E-state index in [9.17, 15) is 17.6 Å². The molecule has 0 radical (unpaired) electrons. The first-order valence-corrected chi connectivity index (χ1v) is 7.73. The quantitative estimate of drug-likeness (QED) is 0.610. The maximum atomic E-state index is 13.5. The molecule has 19 heavy (non-hydrogen) atoms. The van der Waals surface area contributed by atoms with Gasteiger partial charge in [0, 0.05) is 12.7 Å². The van der Waals surface area contributed by atoms with E-state index in [-0.39, 0.29) is 22.9 Å². The second-order valence-corrected chi connectivity index (χ2v) is 6.22. The van der Waals surface area contributed by atoms with Crippen LogP contribution in [0, 0.1) is 5.82 Å². The molecule has 0 saturated carbocycles. The molecule has 0 atom stereocenters. The molecule has 1 amide bonds. The van der Waals surface area contributed by atoms with Gasteiger partial charge in [-0.1, -0.05) is 0 Å². The van der Waals surface area contributed by atoms with Crippen molar-refractivity contribution in [3.63, 3.8) is 0 Å². The number of carbonyl (C=O) groups is 1. The number of amides is 1. The topological polar surface area (TPSA) is 89.3 Å². The molecule has 0 aliphatic carbocycles. The molecule has 1 aromatic rings. The molecule has 0 fully saturated rings. The van der Waals surface area contributed by atoms with E-state index >= 15 is 0 Å². The number of nitrogens with two attached hydrogens (primary N) is 1. The van der Waals surface area contributed by atoms with Crippen LogP contribution >= 0.6 is 0 Å². The van der Waals surface area contributed by atoms with Gasteiger partial charge in [0.2, 0.25) is 5.91 Å². The third-order valence-corrected chi connectivity index (χ3v) is 3.61. The molecular formula is C12H17FN2O3S. The van der Waals surface area contributed by atoms with Crippen molar-refractivity contribution in [3.8, 4) is 0 Å². The fourth-order valence-corrected chi connectivity index (χ4v) is 2.12. The van der Waals surface area contributed by atoms with Crippen LogP contribution in [0.25, 0.3) is 0 Å². The fourth-order valence-electron chi connectivity index (χ4n) is 1.47. The Balaban J connectivity index is 2.80. The highest BCUT2D eigenvalue weighted by Gasteiger charge is 2.12. The Morgan fingerprint density at radius 1 is 1.37 bits per heavy atom. The summed E-state index contributed by atoms with van der Waals surface area (Å²) in [4.78, 5) is 11.5. The Hall–Kier alpha value is -1.47. The first kappa shape index (κ1) is 15.6. The predicted molar refractivity (Wildman–Crippen MR) is 71.0 cm³/mol. The number of rotatable bonds is 6. The lowest BCUT2D eigenvalue weighted by atomic mass is 10.2. The van der Waals surface area contributed by atoms with E-state index in [1.165, 1.54) is 0 Å². The summed E-state index contributed by atoms with van der Waals surface area (Å²) in [7, 11) is -3.43. The van der Waals surface area contributed by atoms with Crippen LogP contribution in [-0.4, -0.2) is 27.1 Å². The minimum Gasteiger partial charge on any atom is -0.330 e. The number of hydrogen-bond donors (Lipinski definition) is 2. The lowest BCUT2D eigenvalue weighted by molar-refractivity contribution is -0.116. The fraction of sp³-hybridized carbons (Fsp3) is 0.417. The monoisotopic (exact) mass is 288 g/mol. The molecular weight excluding hydrogens is 271 g/mol. The van der Waals surface area contributed by atoms with Crippen molar-refractivity contribution in [1.82, 2.24) is 0 Å². The summed E-state index contributed by atoms with van der Waals surface area (Å²) in [5, 5.41) is 2.36. The highest BCUT2D eigenvalue weighted by molar-refractivity contribution is 7.90. The summed E-state index contributed by atoms with van der Waals surface area (Å²) in [5.74, 6) is -1.03. The van der Waals surface area contributed by atoms with Gasteiger partial charge in [0.05, 0.1) is 10.6 Å². The normalized spacial score (nSPS) is 11.3. The van der Waals surface area contributed by atoms with Crippen molar-refractivity contribution in [2.45, 2.75) is 24.2 Å². The Morgan fingerprint density at radius 2 is 2.05 bits per heavy atom. The lowest BCUT2D eigenvalue weighted by Crippen LogP contribution is -2.13. The molecule has 1 aromatic carbocycles. The molecule has 1 rings (SSSR count). The smallest absolute Gasteiger partial charge is 0.224 e. The average molecular weight is 288 g/mol. The first-order chi connectivity index (χ1) is 8.84. The van der Waals surface area contributed by atoms with Crippen molar-refractivity contribution < 1.29 is 17.6 Å². The third-order valence-electron chi connectivity index (χ3n) is 2.50. The number of hydrogen-bond acceptors (Lipinski definition) is 4. The van der Waals surface area contributed by atoms with Crippen LogP contribution in [0.4, 0.5) is 10.1 Å². The van der Waals surface area contributed by atoms with Crippen LogP contribution in [-0.2, 0) is 14.6 Å². The molecule has 0 unspecified atom stereocenters. The SMILES string of the molecule is CS(=O)(=O)c1ccc(F)c(NC(=O)CCCCN)c1. The van der Waals surface area contributed by atoms with Gasteiger partial charge in [-0.15, -0.1) is 0 Å². The van der Waals surface area contributed by atoms with Crippen LogP contribution in [0.5, 0.6) is 0 Å². The van der Waals surface area contributed by atoms with Crippen molar-refractivity contribution in [3.05, 3.63) is 24.0 Å².